The molecule has 0 aliphatic rings. The molecule has 0 bridgehead atoms. The lowest BCUT2D eigenvalue weighted by Gasteiger charge is -2.10. The van der Waals surface area contributed by atoms with Gasteiger partial charge in [0, 0.05) is 23.7 Å². The highest BCUT2D eigenvalue weighted by Gasteiger charge is 2.07. The number of methoxy groups -OCH3 is 1. The second-order valence-corrected chi connectivity index (χ2v) is 4.11. The maximum absolute atomic E-state index is 5.39. The van der Waals surface area contributed by atoms with E-state index in [9.17, 15) is 0 Å². The zero-order valence-corrected chi connectivity index (χ0v) is 11.2. The number of nitrogens with zero attached hydrogens (tertiary/aromatic N) is 1. The Labute approximate surface area is 104 Å². The Morgan fingerprint density at radius 3 is 2.76 bits per heavy atom. The molecule has 1 aromatic rings. The van der Waals surface area contributed by atoms with E-state index >= 15 is 0 Å². The molecule has 0 atom stereocenters. The topological polar surface area (TPSA) is 34.2 Å². The first kappa shape index (κ1) is 13.7. The number of hydrogen-bond acceptors (Lipinski definition) is 3. The zero-order valence-electron chi connectivity index (χ0n) is 11.2. The van der Waals surface area contributed by atoms with Crippen molar-refractivity contribution in [2.24, 2.45) is 0 Å². The molecule has 1 aromatic heterocycles. The Hall–Kier alpha value is -1.35. The van der Waals surface area contributed by atoms with Crippen LogP contribution in [0.25, 0.3) is 0 Å². The second-order valence-electron chi connectivity index (χ2n) is 4.11. The van der Waals surface area contributed by atoms with Crippen molar-refractivity contribution in [3.05, 3.63) is 35.2 Å². The number of allylic oxidation sites excluding steroid dienone is 1. The van der Waals surface area contributed by atoms with Crippen LogP contribution in [0.3, 0.4) is 0 Å². The summed E-state index contributed by atoms with van der Waals surface area (Å²) in [7, 11) is 3.67. The third-order valence-electron chi connectivity index (χ3n) is 2.79. The Bertz CT molecular complexity index is 386. The molecule has 0 saturated carbocycles. The molecular formula is C14H22N2O. The van der Waals surface area contributed by atoms with Crippen molar-refractivity contribution in [1.82, 2.24) is 10.3 Å². The lowest BCUT2D eigenvalue weighted by atomic mass is 10.1. The molecule has 0 radical (unpaired) electrons. The van der Waals surface area contributed by atoms with Crippen LogP contribution in [0, 0.1) is 13.8 Å². The normalized spacial score (nSPS) is 11.1. The van der Waals surface area contributed by atoms with E-state index < -0.39 is 0 Å². The van der Waals surface area contributed by atoms with Crippen LogP contribution in [0.1, 0.15) is 23.2 Å². The summed E-state index contributed by atoms with van der Waals surface area (Å²) in [5, 5.41) is 3.12. The Morgan fingerprint density at radius 2 is 2.12 bits per heavy atom. The van der Waals surface area contributed by atoms with E-state index in [1.54, 1.807) is 7.11 Å². The highest BCUT2D eigenvalue weighted by molar-refractivity contribution is 5.41. The minimum absolute atomic E-state index is 0.867. The minimum Gasteiger partial charge on any atom is -0.496 e. The molecule has 0 spiro atoms. The largest absolute Gasteiger partial charge is 0.496 e. The maximum atomic E-state index is 5.39. The minimum atomic E-state index is 0.867. The smallest absolute Gasteiger partial charge is 0.128 e. The molecule has 0 aromatic carbocycles. The van der Waals surface area contributed by atoms with Crippen LogP contribution in [-0.4, -0.2) is 25.7 Å². The van der Waals surface area contributed by atoms with Crippen LogP contribution in [0.5, 0.6) is 5.75 Å². The van der Waals surface area contributed by atoms with Crippen molar-refractivity contribution in [3.63, 3.8) is 0 Å². The molecule has 3 heteroatoms. The SMILES string of the molecule is CNCCC=CCc1ncc(C)c(OC)c1C. The highest BCUT2D eigenvalue weighted by atomic mass is 16.5. The van der Waals surface area contributed by atoms with Gasteiger partial charge in [0.25, 0.3) is 0 Å². The van der Waals surface area contributed by atoms with Gasteiger partial charge in [0.1, 0.15) is 5.75 Å². The maximum Gasteiger partial charge on any atom is 0.128 e. The third kappa shape index (κ3) is 3.86. The molecule has 0 saturated heterocycles. The average Bonchev–Trinajstić information content (AvgIpc) is 2.32. The fourth-order valence-electron chi connectivity index (χ4n) is 1.82. The van der Waals surface area contributed by atoms with E-state index in [4.69, 9.17) is 4.74 Å². The first-order valence-corrected chi connectivity index (χ1v) is 5.99. The van der Waals surface area contributed by atoms with Crippen LogP contribution in [-0.2, 0) is 6.42 Å². The van der Waals surface area contributed by atoms with Gasteiger partial charge < -0.3 is 10.1 Å². The molecule has 0 fully saturated rings. The number of pyridine rings is 1. The molecule has 3 nitrogen and oxygen atoms in total. The molecule has 0 aliphatic heterocycles. The Kier molecular flexibility index (Phi) is 5.70. The number of ether oxygens (including phenoxy) is 1. The van der Waals surface area contributed by atoms with Gasteiger partial charge in [0.2, 0.25) is 0 Å². The van der Waals surface area contributed by atoms with Crippen molar-refractivity contribution < 1.29 is 4.74 Å². The quantitative estimate of drug-likeness (QED) is 0.606. The average molecular weight is 234 g/mol. The summed E-state index contributed by atoms with van der Waals surface area (Å²) in [4.78, 5) is 4.46. The molecule has 1 N–H and O–H groups in total. The summed E-state index contributed by atoms with van der Waals surface area (Å²) in [6.07, 6.45) is 8.15. The monoisotopic (exact) mass is 234 g/mol. The molecule has 1 heterocycles. The van der Waals surface area contributed by atoms with E-state index in [2.05, 4.69) is 29.4 Å². The van der Waals surface area contributed by atoms with Crippen molar-refractivity contribution in [3.8, 4) is 5.75 Å². The van der Waals surface area contributed by atoms with Gasteiger partial charge in [-0.3, -0.25) is 4.98 Å². The molecule has 17 heavy (non-hydrogen) atoms. The molecule has 0 amide bonds. The Balaban J connectivity index is 2.69. The van der Waals surface area contributed by atoms with Crippen LogP contribution in [0.2, 0.25) is 0 Å². The number of aromatic nitrogens is 1. The lowest BCUT2D eigenvalue weighted by Crippen LogP contribution is -2.05. The third-order valence-corrected chi connectivity index (χ3v) is 2.79. The van der Waals surface area contributed by atoms with Gasteiger partial charge in [-0.05, 0) is 33.9 Å². The molecule has 1 rings (SSSR count). The number of rotatable bonds is 6. The van der Waals surface area contributed by atoms with Gasteiger partial charge in [0.05, 0.1) is 12.8 Å². The molecule has 0 aliphatic carbocycles. The van der Waals surface area contributed by atoms with Crippen LogP contribution in [0.4, 0.5) is 0 Å². The van der Waals surface area contributed by atoms with Crippen molar-refractivity contribution in [2.75, 3.05) is 20.7 Å². The summed E-state index contributed by atoms with van der Waals surface area (Å²) >= 11 is 0. The van der Waals surface area contributed by atoms with Crippen molar-refractivity contribution in [1.29, 1.82) is 0 Å². The lowest BCUT2D eigenvalue weighted by molar-refractivity contribution is 0.407. The van der Waals surface area contributed by atoms with Gasteiger partial charge >= 0.3 is 0 Å². The van der Waals surface area contributed by atoms with E-state index in [1.807, 2.05) is 20.2 Å². The van der Waals surface area contributed by atoms with Crippen LogP contribution in [0.15, 0.2) is 18.3 Å². The number of aryl methyl sites for hydroxylation is 1. The predicted molar refractivity (Wildman–Crippen MR) is 71.7 cm³/mol. The number of nitrogens with one attached hydrogen (secondary N) is 1. The van der Waals surface area contributed by atoms with Gasteiger partial charge in [0.15, 0.2) is 0 Å². The second kappa shape index (κ2) is 7.07. The van der Waals surface area contributed by atoms with Crippen molar-refractivity contribution in [2.45, 2.75) is 26.7 Å². The van der Waals surface area contributed by atoms with Crippen LogP contribution < -0.4 is 10.1 Å². The van der Waals surface area contributed by atoms with E-state index in [0.29, 0.717) is 0 Å². The van der Waals surface area contributed by atoms with Crippen LogP contribution >= 0.6 is 0 Å². The summed E-state index contributed by atoms with van der Waals surface area (Å²) in [5.74, 6) is 0.957. The summed E-state index contributed by atoms with van der Waals surface area (Å²) in [6, 6.07) is 0. The number of hydrogen-bond donors (Lipinski definition) is 1. The Morgan fingerprint density at radius 1 is 1.35 bits per heavy atom. The summed E-state index contributed by atoms with van der Waals surface area (Å²) in [5.41, 5.74) is 3.33. The van der Waals surface area contributed by atoms with Gasteiger partial charge in [-0.1, -0.05) is 12.2 Å². The summed E-state index contributed by atoms with van der Waals surface area (Å²) < 4.78 is 5.39. The summed E-state index contributed by atoms with van der Waals surface area (Å²) in [6.45, 7) is 5.10. The van der Waals surface area contributed by atoms with Gasteiger partial charge in [-0.25, -0.2) is 0 Å². The molecule has 0 unspecified atom stereocenters. The van der Waals surface area contributed by atoms with E-state index in [0.717, 1.165) is 42.0 Å². The standard InChI is InChI=1S/C14H22N2O/c1-11-10-16-13(12(2)14(11)17-4)8-6-5-7-9-15-3/h5-6,10,15H,7-9H2,1-4H3. The van der Waals surface area contributed by atoms with E-state index in [-0.39, 0.29) is 0 Å². The highest BCUT2D eigenvalue weighted by Crippen LogP contribution is 2.24. The van der Waals surface area contributed by atoms with Gasteiger partial charge in [-0.15, -0.1) is 0 Å². The first-order valence-electron chi connectivity index (χ1n) is 5.99. The van der Waals surface area contributed by atoms with E-state index in [1.165, 1.54) is 0 Å². The fraction of sp³-hybridized carbons (Fsp3) is 0.500. The van der Waals surface area contributed by atoms with Crippen molar-refractivity contribution >= 4 is 0 Å². The zero-order chi connectivity index (χ0) is 12.7. The van der Waals surface area contributed by atoms with Gasteiger partial charge in [-0.2, -0.15) is 0 Å². The first-order chi connectivity index (χ1) is 8.20. The molecule has 94 valence electrons. The molecular weight excluding hydrogens is 212 g/mol. The fourth-order valence-corrected chi connectivity index (χ4v) is 1.82. The predicted octanol–water partition coefficient (Wildman–Crippen LogP) is 2.42.